The third kappa shape index (κ3) is 5.37. The molecule has 8 aromatic carbocycles. The van der Waals surface area contributed by atoms with Crippen LogP contribution in [0.3, 0.4) is 0 Å². The summed E-state index contributed by atoms with van der Waals surface area (Å²) < 4.78 is 8.54. The van der Waals surface area contributed by atoms with E-state index >= 15 is 0 Å². The molecule has 0 spiro atoms. The number of benzene rings is 8. The summed E-state index contributed by atoms with van der Waals surface area (Å²) in [6.07, 6.45) is 0. The van der Waals surface area contributed by atoms with Gasteiger partial charge in [0, 0.05) is 43.9 Å². The molecule has 0 fully saturated rings. The van der Waals surface area contributed by atoms with Crippen molar-refractivity contribution in [3.63, 3.8) is 0 Å². The van der Waals surface area contributed by atoms with Crippen LogP contribution in [0.5, 0.6) is 0 Å². The zero-order valence-electron chi connectivity index (χ0n) is 30.2. The Balaban J connectivity index is 1.07. The molecule has 262 valence electrons. The smallest absolute Gasteiger partial charge is 0.164 e. The zero-order chi connectivity index (χ0) is 37.0. The van der Waals surface area contributed by atoms with E-state index in [0.29, 0.717) is 17.5 Å². The van der Waals surface area contributed by atoms with Crippen LogP contribution >= 0.6 is 0 Å². The van der Waals surface area contributed by atoms with Crippen LogP contribution in [0.15, 0.2) is 199 Å². The van der Waals surface area contributed by atoms with E-state index in [1.54, 1.807) is 0 Å². The first-order valence-electron chi connectivity index (χ1n) is 18.8. The molecule has 3 aromatic heterocycles. The van der Waals surface area contributed by atoms with Crippen LogP contribution < -0.4 is 0 Å². The molecule has 0 unspecified atom stereocenters. The number of hydrogen-bond acceptors (Lipinski definition) is 4. The molecule has 5 nitrogen and oxygen atoms in total. The number of para-hydroxylation sites is 2. The fraction of sp³-hybridized carbons (Fsp3) is 0. The van der Waals surface area contributed by atoms with Crippen LogP contribution in [0.4, 0.5) is 0 Å². The van der Waals surface area contributed by atoms with Gasteiger partial charge in [0.05, 0.1) is 11.0 Å². The highest BCUT2D eigenvalue weighted by Gasteiger charge is 2.18. The zero-order valence-corrected chi connectivity index (χ0v) is 30.2. The molecule has 0 saturated heterocycles. The third-order valence-corrected chi connectivity index (χ3v) is 10.7. The Labute approximate surface area is 322 Å². The summed E-state index contributed by atoms with van der Waals surface area (Å²) in [5, 5.41) is 4.66. The average Bonchev–Trinajstić information content (AvgIpc) is 3.82. The minimum atomic E-state index is 0.627. The molecule has 0 saturated carbocycles. The summed E-state index contributed by atoms with van der Waals surface area (Å²) in [5.41, 5.74) is 12.4. The number of rotatable bonds is 6. The summed E-state index contributed by atoms with van der Waals surface area (Å²) in [7, 11) is 0. The minimum absolute atomic E-state index is 0.627. The van der Waals surface area contributed by atoms with Gasteiger partial charge in [-0.25, -0.2) is 15.0 Å². The van der Waals surface area contributed by atoms with Crippen molar-refractivity contribution >= 4 is 43.7 Å². The van der Waals surface area contributed by atoms with Gasteiger partial charge in [0.15, 0.2) is 17.5 Å². The van der Waals surface area contributed by atoms with Crippen molar-refractivity contribution < 1.29 is 4.42 Å². The van der Waals surface area contributed by atoms with E-state index in [1.165, 1.54) is 10.8 Å². The van der Waals surface area contributed by atoms with Gasteiger partial charge in [0.25, 0.3) is 0 Å². The molecule has 0 bridgehead atoms. The molecule has 5 heteroatoms. The molecular formula is C51H32N4O. The Bertz CT molecular complexity index is 3200. The van der Waals surface area contributed by atoms with Gasteiger partial charge in [-0.1, -0.05) is 152 Å². The quantitative estimate of drug-likeness (QED) is 0.172. The van der Waals surface area contributed by atoms with E-state index in [9.17, 15) is 0 Å². The van der Waals surface area contributed by atoms with Crippen molar-refractivity contribution in [2.24, 2.45) is 0 Å². The molecule has 11 rings (SSSR count). The van der Waals surface area contributed by atoms with E-state index in [-0.39, 0.29) is 0 Å². The lowest BCUT2D eigenvalue weighted by Gasteiger charge is -2.14. The maximum absolute atomic E-state index is 6.15. The van der Waals surface area contributed by atoms with Crippen molar-refractivity contribution in [3.8, 4) is 62.1 Å². The van der Waals surface area contributed by atoms with Gasteiger partial charge in [-0.15, -0.1) is 0 Å². The van der Waals surface area contributed by atoms with Crippen molar-refractivity contribution in [2.75, 3.05) is 0 Å². The SMILES string of the molecule is c1ccc(-c2nc(-c3ccccc3)nc(-c3ccccc3-c3cccc(-n4c5ccccc5c5ccc(-c6ccc7oc8ccccc8c7c6)cc54)c3)n2)cc1. The van der Waals surface area contributed by atoms with Crippen molar-refractivity contribution in [1.29, 1.82) is 0 Å². The Kier molecular flexibility index (Phi) is 7.42. The van der Waals surface area contributed by atoms with Crippen LogP contribution in [0, 0.1) is 0 Å². The average molecular weight is 717 g/mol. The third-order valence-electron chi connectivity index (χ3n) is 10.7. The van der Waals surface area contributed by atoms with Crippen molar-refractivity contribution in [3.05, 3.63) is 194 Å². The molecule has 0 atom stereocenters. The Morgan fingerprint density at radius 1 is 0.321 bits per heavy atom. The highest BCUT2D eigenvalue weighted by Crippen LogP contribution is 2.39. The van der Waals surface area contributed by atoms with Gasteiger partial charge in [0.1, 0.15) is 11.2 Å². The van der Waals surface area contributed by atoms with Gasteiger partial charge < -0.3 is 8.98 Å². The summed E-state index contributed by atoms with van der Waals surface area (Å²) in [4.78, 5) is 15.1. The summed E-state index contributed by atoms with van der Waals surface area (Å²) in [6.45, 7) is 0. The largest absolute Gasteiger partial charge is 0.456 e. The summed E-state index contributed by atoms with van der Waals surface area (Å²) in [5.74, 6) is 1.90. The van der Waals surface area contributed by atoms with Crippen molar-refractivity contribution in [2.45, 2.75) is 0 Å². The van der Waals surface area contributed by atoms with Crippen LogP contribution in [0.1, 0.15) is 0 Å². The second kappa shape index (κ2) is 13.0. The monoisotopic (exact) mass is 716 g/mol. The fourth-order valence-electron chi connectivity index (χ4n) is 8.01. The predicted octanol–water partition coefficient (Wildman–Crippen LogP) is 13.2. The topological polar surface area (TPSA) is 56.7 Å². The van der Waals surface area contributed by atoms with Crippen LogP contribution in [-0.4, -0.2) is 19.5 Å². The summed E-state index contributed by atoms with van der Waals surface area (Å²) >= 11 is 0. The maximum Gasteiger partial charge on any atom is 0.164 e. The maximum atomic E-state index is 6.15. The molecule has 56 heavy (non-hydrogen) atoms. The number of fused-ring (bicyclic) bond motifs is 6. The second-order valence-corrected chi connectivity index (χ2v) is 14.0. The standard InChI is InChI=1S/C51H32N4O/c1-3-14-33(15-4-1)49-52-50(34-16-5-2-6-17-34)54-51(53-49)43-23-8-7-20-39(43)37-18-13-19-38(30-37)55-45-24-11-9-21-40(45)41-28-26-36(32-46(41)55)35-27-29-48-44(31-35)42-22-10-12-25-47(42)56-48/h1-32H. The first kappa shape index (κ1) is 31.9. The predicted molar refractivity (Wildman–Crippen MR) is 229 cm³/mol. The highest BCUT2D eigenvalue weighted by molar-refractivity contribution is 6.11. The molecule has 0 aliphatic rings. The molecule has 11 aromatic rings. The first-order valence-corrected chi connectivity index (χ1v) is 18.8. The summed E-state index contributed by atoms with van der Waals surface area (Å²) in [6, 6.07) is 67.6. The van der Waals surface area contributed by atoms with Gasteiger partial charge in [-0.2, -0.15) is 0 Å². The van der Waals surface area contributed by atoms with E-state index in [4.69, 9.17) is 19.4 Å². The molecule has 0 aliphatic carbocycles. The van der Waals surface area contributed by atoms with Gasteiger partial charge in [-0.05, 0) is 64.7 Å². The van der Waals surface area contributed by atoms with E-state index in [1.807, 2.05) is 72.8 Å². The van der Waals surface area contributed by atoms with Gasteiger partial charge >= 0.3 is 0 Å². The van der Waals surface area contributed by atoms with E-state index < -0.39 is 0 Å². The van der Waals surface area contributed by atoms with Crippen LogP contribution in [-0.2, 0) is 0 Å². The highest BCUT2D eigenvalue weighted by atomic mass is 16.3. The number of hydrogen-bond donors (Lipinski definition) is 0. The van der Waals surface area contributed by atoms with E-state index in [0.717, 1.165) is 77.6 Å². The Morgan fingerprint density at radius 2 is 0.893 bits per heavy atom. The van der Waals surface area contributed by atoms with Gasteiger partial charge in [0.2, 0.25) is 0 Å². The van der Waals surface area contributed by atoms with E-state index in [2.05, 4.69) is 126 Å². The minimum Gasteiger partial charge on any atom is -0.456 e. The Hall–Kier alpha value is -7.63. The van der Waals surface area contributed by atoms with Gasteiger partial charge in [-0.3, -0.25) is 0 Å². The van der Waals surface area contributed by atoms with Crippen LogP contribution in [0.25, 0.3) is 106 Å². The molecule has 0 N–H and O–H groups in total. The molecule has 0 radical (unpaired) electrons. The second-order valence-electron chi connectivity index (χ2n) is 14.0. The molecule has 0 aliphatic heterocycles. The lowest BCUT2D eigenvalue weighted by atomic mass is 9.98. The lowest BCUT2D eigenvalue weighted by Crippen LogP contribution is -2.01. The first-order chi connectivity index (χ1) is 27.7. The fourth-order valence-corrected chi connectivity index (χ4v) is 8.01. The van der Waals surface area contributed by atoms with Crippen molar-refractivity contribution in [1.82, 2.24) is 19.5 Å². The Morgan fingerprint density at radius 3 is 1.68 bits per heavy atom. The van der Waals surface area contributed by atoms with Crippen LogP contribution in [0.2, 0.25) is 0 Å². The molecule has 0 amide bonds. The molecular weight excluding hydrogens is 685 g/mol. The number of aromatic nitrogens is 4. The molecule has 3 heterocycles. The normalized spacial score (nSPS) is 11.6. The number of furan rings is 1. The lowest BCUT2D eigenvalue weighted by molar-refractivity contribution is 0.669. The number of nitrogens with zero attached hydrogens (tertiary/aromatic N) is 4.